The quantitative estimate of drug-likeness (QED) is 0.527. The van der Waals surface area contributed by atoms with Gasteiger partial charge in [-0.1, -0.05) is 24.3 Å². The molecule has 1 spiro atoms. The number of fused-ring (bicyclic) bond motifs is 2. The fraction of sp³-hybridized carbons (Fsp3) is 0.609. The number of ether oxygens (including phenoxy) is 1. The van der Waals surface area contributed by atoms with Gasteiger partial charge in [0.2, 0.25) is 11.8 Å². The molecule has 1 aromatic heterocycles. The Kier molecular flexibility index (Phi) is 6.01. The van der Waals surface area contributed by atoms with E-state index in [4.69, 9.17) is 4.74 Å². The summed E-state index contributed by atoms with van der Waals surface area (Å²) in [4.78, 5) is 41.9. The van der Waals surface area contributed by atoms with Crippen LogP contribution in [0.15, 0.2) is 24.3 Å². The van der Waals surface area contributed by atoms with E-state index in [1.807, 2.05) is 31.2 Å². The summed E-state index contributed by atoms with van der Waals surface area (Å²) in [6.45, 7) is 3.72. The van der Waals surface area contributed by atoms with Gasteiger partial charge in [0.05, 0.1) is 41.4 Å². The fourth-order valence-electron chi connectivity index (χ4n) is 5.99. The highest BCUT2D eigenvalue weighted by atomic mass is 32.2. The zero-order valence-corrected chi connectivity index (χ0v) is 20.0. The van der Waals surface area contributed by atoms with Crippen LogP contribution in [0.5, 0.6) is 0 Å². The number of aliphatic hydroxyl groups excluding tert-OH is 1. The number of likely N-dealkylation sites (tertiary alicyclic amines) is 1. The van der Waals surface area contributed by atoms with Crippen LogP contribution in [-0.4, -0.2) is 78.1 Å². The first-order valence-electron chi connectivity index (χ1n) is 11.8. The van der Waals surface area contributed by atoms with Crippen molar-refractivity contribution in [1.82, 2.24) is 25.2 Å². The summed E-state index contributed by atoms with van der Waals surface area (Å²) in [6, 6.07) is 6.18. The molecule has 2 aromatic rings. The first-order valence-corrected chi connectivity index (χ1v) is 12.7. The Morgan fingerprint density at radius 3 is 2.88 bits per heavy atom. The molecule has 1 aromatic carbocycles. The van der Waals surface area contributed by atoms with Crippen LogP contribution in [0.2, 0.25) is 0 Å². The van der Waals surface area contributed by atoms with Gasteiger partial charge in [-0.15, -0.1) is 16.9 Å². The van der Waals surface area contributed by atoms with Crippen molar-refractivity contribution in [3.8, 4) is 0 Å². The minimum absolute atomic E-state index is 0.0427. The number of benzene rings is 1. The number of hydrogen-bond donors (Lipinski definition) is 2. The normalized spacial score (nSPS) is 30.6. The van der Waals surface area contributed by atoms with Crippen LogP contribution in [0.4, 0.5) is 0 Å². The lowest BCUT2D eigenvalue weighted by molar-refractivity contribution is -0.154. The van der Waals surface area contributed by atoms with Gasteiger partial charge in [-0.25, -0.2) is 4.68 Å². The molecular weight excluding hydrogens is 458 g/mol. The summed E-state index contributed by atoms with van der Waals surface area (Å²) in [5.41, 5.74) is 1.51. The molecule has 10 nitrogen and oxygen atoms in total. The fourth-order valence-corrected chi connectivity index (χ4v) is 8.18. The molecule has 11 heteroatoms. The number of carbonyl (C=O) groups excluding carboxylic acids is 3. The highest BCUT2D eigenvalue weighted by Crippen LogP contribution is 2.66. The van der Waals surface area contributed by atoms with Crippen LogP contribution >= 0.6 is 11.8 Å². The minimum Gasteiger partial charge on any atom is -0.466 e. The Labute approximate surface area is 201 Å². The number of nitrogens with one attached hydrogen (secondary N) is 1. The van der Waals surface area contributed by atoms with E-state index in [1.54, 1.807) is 28.3 Å². The lowest BCUT2D eigenvalue weighted by atomic mass is 9.71. The standard InChI is InChI=1S/C23H29N5O5S/c1-3-13(11-29)28-19(20(30)24-12-27-15-8-6-5-7-14(15)25-26-27)23-10-9-16(34-23)17(18(23)21(28)31)22(32)33-4-2/h5-8,13,16-19,29H,3-4,9-12H2,1-2H3,(H,24,30)/t13-,16-,17+,18-,19?,23?/m0/s1. The van der Waals surface area contributed by atoms with Crippen molar-refractivity contribution in [1.29, 1.82) is 0 Å². The van der Waals surface area contributed by atoms with Crippen LogP contribution in [0.25, 0.3) is 11.0 Å². The molecule has 3 aliphatic heterocycles. The second-order valence-corrected chi connectivity index (χ2v) is 10.7. The van der Waals surface area contributed by atoms with Crippen molar-refractivity contribution in [2.75, 3.05) is 13.2 Å². The number of nitrogens with zero attached hydrogens (tertiary/aromatic N) is 4. The van der Waals surface area contributed by atoms with Gasteiger partial charge in [-0.05, 0) is 38.3 Å². The molecule has 4 heterocycles. The number of amides is 2. The molecule has 2 bridgehead atoms. The number of aromatic nitrogens is 3. The number of esters is 1. The van der Waals surface area contributed by atoms with Gasteiger partial charge >= 0.3 is 5.97 Å². The van der Waals surface area contributed by atoms with Crippen molar-refractivity contribution < 1.29 is 24.2 Å². The molecule has 182 valence electrons. The highest BCUT2D eigenvalue weighted by Gasteiger charge is 2.74. The molecule has 2 N–H and O–H groups in total. The third kappa shape index (κ3) is 3.31. The predicted octanol–water partition coefficient (Wildman–Crippen LogP) is 0.930. The van der Waals surface area contributed by atoms with Gasteiger partial charge in [0.15, 0.2) is 0 Å². The predicted molar refractivity (Wildman–Crippen MR) is 124 cm³/mol. The monoisotopic (exact) mass is 487 g/mol. The summed E-state index contributed by atoms with van der Waals surface area (Å²) in [7, 11) is 0. The third-order valence-electron chi connectivity index (χ3n) is 7.44. The van der Waals surface area contributed by atoms with E-state index >= 15 is 0 Å². The number of aliphatic hydroxyl groups is 1. The third-order valence-corrected chi connectivity index (χ3v) is 9.40. The number of hydrogen-bond acceptors (Lipinski definition) is 8. The molecule has 2 unspecified atom stereocenters. The van der Waals surface area contributed by atoms with E-state index in [0.717, 1.165) is 17.5 Å². The number of rotatable bonds is 8. The lowest BCUT2D eigenvalue weighted by Crippen LogP contribution is -2.56. The molecule has 34 heavy (non-hydrogen) atoms. The maximum atomic E-state index is 13.8. The molecular formula is C23H29N5O5S. The summed E-state index contributed by atoms with van der Waals surface area (Å²) in [6.07, 6.45) is 1.91. The molecule has 0 saturated carbocycles. The molecule has 2 amide bonds. The average molecular weight is 488 g/mol. The van der Waals surface area contributed by atoms with E-state index in [1.165, 1.54) is 0 Å². The molecule has 3 fully saturated rings. The van der Waals surface area contributed by atoms with E-state index in [2.05, 4.69) is 15.6 Å². The van der Waals surface area contributed by atoms with E-state index in [0.29, 0.717) is 12.8 Å². The molecule has 5 rings (SSSR count). The summed E-state index contributed by atoms with van der Waals surface area (Å²) in [5, 5.41) is 21.2. The summed E-state index contributed by atoms with van der Waals surface area (Å²) < 4.78 is 6.21. The van der Waals surface area contributed by atoms with Gasteiger partial charge in [-0.2, -0.15) is 0 Å². The number of carbonyl (C=O) groups is 3. The minimum atomic E-state index is -0.786. The number of para-hydroxylation sites is 1. The van der Waals surface area contributed by atoms with E-state index < -0.39 is 28.7 Å². The highest BCUT2D eigenvalue weighted by molar-refractivity contribution is 8.02. The second-order valence-electron chi connectivity index (χ2n) is 9.07. The maximum Gasteiger partial charge on any atom is 0.310 e. The smallest absolute Gasteiger partial charge is 0.310 e. The first kappa shape index (κ1) is 23.1. The summed E-state index contributed by atoms with van der Waals surface area (Å²) in [5.74, 6) is -2.10. The van der Waals surface area contributed by atoms with E-state index in [-0.39, 0.29) is 42.9 Å². The van der Waals surface area contributed by atoms with Gasteiger partial charge in [0.1, 0.15) is 18.2 Å². The van der Waals surface area contributed by atoms with Crippen molar-refractivity contribution in [3.63, 3.8) is 0 Å². The summed E-state index contributed by atoms with van der Waals surface area (Å²) >= 11 is 1.58. The lowest BCUT2D eigenvalue weighted by Gasteiger charge is -2.36. The Bertz CT molecular complexity index is 1120. The van der Waals surface area contributed by atoms with Crippen molar-refractivity contribution in [3.05, 3.63) is 24.3 Å². The Balaban J connectivity index is 1.46. The van der Waals surface area contributed by atoms with Crippen LogP contribution in [0, 0.1) is 11.8 Å². The second kappa shape index (κ2) is 8.84. The van der Waals surface area contributed by atoms with Gasteiger partial charge < -0.3 is 20.1 Å². The van der Waals surface area contributed by atoms with Crippen LogP contribution < -0.4 is 5.32 Å². The molecule has 0 radical (unpaired) electrons. The largest absolute Gasteiger partial charge is 0.466 e. The molecule has 0 aliphatic carbocycles. The van der Waals surface area contributed by atoms with Crippen molar-refractivity contribution >= 4 is 40.6 Å². The van der Waals surface area contributed by atoms with Crippen LogP contribution in [-0.2, 0) is 25.8 Å². The topological polar surface area (TPSA) is 127 Å². The maximum absolute atomic E-state index is 13.8. The van der Waals surface area contributed by atoms with Crippen LogP contribution in [0.3, 0.4) is 0 Å². The Morgan fingerprint density at radius 2 is 2.15 bits per heavy atom. The molecule has 3 saturated heterocycles. The molecule has 6 atom stereocenters. The number of thioether (sulfide) groups is 1. The van der Waals surface area contributed by atoms with Crippen molar-refractivity contribution in [2.45, 2.75) is 61.9 Å². The first-order chi connectivity index (χ1) is 16.5. The van der Waals surface area contributed by atoms with Gasteiger partial charge in [0.25, 0.3) is 0 Å². The Morgan fingerprint density at radius 1 is 1.35 bits per heavy atom. The zero-order valence-electron chi connectivity index (χ0n) is 19.2. The van der Waals surface area contributed by atoms with Gasteiger partial charge in [0, 0.05) is 5.25 Å². The zero-order chi connectivity index (χ0) is 24.0. The average Bonchev–Trinajstić information content (AvgIpc) is 3.58. The Hall–Kier alpha value is -2.66. The van der Waals surface area contributed by atoms with Crippen LogP contribution in [0.1, 0.15) is 33.1 Å². The van der Waals surface area contributed by atoms with Gasteiger partial charge in [-0.3, -0.25) is 14.4 Å². The SMILES string of the molecule is CCOC(=O)[C@@H]1[C@@H]2CCC3(S2)C(C(=O)NCn2nnc4ccccc42)N([C@@H](CC)CO)C(=O)[C@H]13. The van der Waals surface area contributed by atoms with E-state index in [9.17, 15) is 19.5 Å². The molecule has 3 aliphatic rings. The van der Waals surface area contributed by atoms with Crippen molar-refractivity contribution in [2.24, 2.45) is 11.8 Å².